The zero-order valence-corrected chi connectivity index (χ0v) is 12.6. The Kier molecular flexibility index (Phi) is 4.98. The molecule has 2 aromatic rings. The van der Waals surface area contributed by atoms with E-state index < -0.39 is 0 Å². The van der Waals surface area contributed by atoms with Gasteiger partial charge in [0.05, 0.1) is 13.3 Å². The first-order valence-electron chi connectivity index (χ1n) is 6.70. The van der Waals surface area contributed by atoms with Crippen molar-refractivity contribution in [3.63, 3.8) is 0 Å². The Bertz CT molecular complexity index is 658. The molecule has 0 amide bonds. The van der Waals surface area contributed by atoms with Gasteiger partial charge in [0, 0.05) is 18.4 Å². The third-order valence-electron chi connectivity index (χ3n) is 3.12. The molecule has 0 aliphatic rings. The molecule has 0 saturated carbocycles. The van der Waals surface area contributed by atoms with Crippen molar-refractivity contribution in [3.05, 3.63) is 54.1 Å². The summed E-state index contributed by atoms with van der Waals surface area (Å²) in [5.74, 6) is 0.774. The van der Waals surface area contributed by atoms with Crippen molar-refractivity contribution in [1.29, 1.82) is 0 Å². The Labute approximate surface area is 129 Å². The predicted octanol–water partition coefficient (Wildman–Crippen LogP) is 2.07. The predicted molar refractivity (Wildman–Crippen MR) is 90.9 cm³/mol. The molecule has 2 aromatic carbocycles. The lowest BCUT2D eigenvalue weighted by Crippen LogP contribution is -2.21. The first-order valence-corrected chi connectivity index (χ1v) is 6.70. The molecule has 6 nitrogen and oxygen atoms in total. The Morgan fingerprint density at radius 3 is 2.05 bits per heavy atom. The number of hydrogen-bond acceptors (Lipinski definition) is 4. The van der Waals surface area contributed by atoms with Gasteiger partial charge in [-0.2, -0.15) is 5.10 Å². The summed E-state index contributed by atoms with van der Waals surface area (Å²) in [6.45, 7) is 0. The summed E-state index contributed by atoms with van der Waals surface area (Å²) in [5, 5.41) is 7.34. The minimum absolute atomic E-state index is 0.0629. The molecule has 22 heavy (non-hydrogen) atoms. The van der Waals surface area contributed by atoms with Gasteiger partial charge in [-0.3, -0.25) is 0 Å². The van der Waals surface area contributed by atoms with Crippen LogP contribution in [0.15, 0.2) is 58.7 Å². The molecule has 0 radical (unpaired) electrons. The molecule has 0 aliphatic carbocycles. The number of guanidine groups is 1. The second kappa shape index (κ2) is 7.12. The summed E-state index contributed by atoms with van der Waals surface area (Å²) < 4.78 is 5.16. The topological polar surface area (TPSA) is 89.2 Å². The van der Waals surface area contributed by atoms with Crippen LogP contribution in [0.3, 0.4) is 0 Å². The molecule has 4 N–H and O–H groups in total. The Balaban J connectivity index is 2.11. The van der Waals surface area contributed by atoms with Crippen molar-refractivity contribution in [2.45, 2.75) is 0 Å². The molecule has 114 valence electrons. The summed E-state index contributed by atoms with van der Waals surface area (Å²) in [4.78, 5) is 2.08. The Morgan fingerprint density at radius 2 is 1.55 bits per heavy atom. The second-order valence-electron chi connectivity index (χ2n) is 4.62. The van der Waals surface area contributed by atoms with Crippen LogP contribution in [0.25, 0.3) is 0 Å². The van der Waals surface area contributed by atoms with E-state index in [4.69, 9.17) is 16.2 Å². The number of nitrogens with zero attached hydrogens (tertiary/aromatic N) is 3. The van der Waals surface area contributed by atoms with Crippen molar-refractivity contribution in [3.8, 4) is 5.75 Å². The van der Waals surface area contributed by atoms with E-state index in [1.165, 1.54) is 0 Å². The van der Waals surface area contributed by atoms with Crippen molar-refractivity contribution in [2.75, 3.05) is 19.1 Å². The number of hydrogen-bond donors (Lipinski definition) is 2. The van der Waals surface area contributed by atoms with Crippen LogP contribution < -0.4 is 21.1 Å². The Hall–Kier alpha value is -3.02. The van der Waals surface area contributed by atoms with Gasteiger partial charge < -0.3 is 21.1 Å². The quantitative estimate of drug-likeness (QED) is 0.502. The third-order valence-corrected chi connectivity index (χ3v) is 3.12. The van der Waals surface area contributed by atoms with Gasteiger partial charge in [0.15, 0.2) is 0 Å². The molecule has 0 heterocycles. The van der Waals surface area contributed by atoms with Crippen LogP contribution in [0.5, 0.6) is 5.75 Å². The fraction of sp³-hybridized carbons (Fsp3) is 0.125. The molecule has 0 atom stereocenters. The highest BCUT2D eigenvalue weighted by molar-refractivity contribution is 5.82. The fourth-order valence-electron chi connectivity index (χ4n) is 1.90. The molecule has 0 spiro atoms. The van der Waals surface area contributed by atoms with Crippen LogP contribution in [0.4, 0.5) is 11.4 Å². The number of ether oxygens (including phenoxy) is 1. The summed E-state index contributed by atoms with van der Waals surface area (Å²) in [6.07, 6.45) is 1.59. The standard InChI is InChI=1S/C16H19N5O/c1-21(14-7-9-15(22-2)10-8-14)13-5-3-12(4-6-13)11-19-20-16(17)18/h3-11H,1-2H3,(H4,17,18,20). The number of nitrogens with two attached hydrogens (primary N) is 2. The first kappa shape index (κ1) is 15.4. The SMILES string of the molecule is COc1ccc(N(C)c2ccc(C=NN=C(N)N)cc2)cc1. The van der Waals surface area contributed by atoms with E-state index in [2.05, 4.69) is 15.1 Å². The van der Waals surface area contributed by atoms with Crippen LogP contribution >= 0.6 is 0 Å². The zero-order valence-electron chi connectivity index (χ0n) is 12.6. The van der Waals surface area contributed by atoms with E-state index in [0.29, 0.717) is 0 Å². The highest BCUT2D eigenvalue weighted by atomic mass is 16.5. The second-order valence-corrected chi connectivity index (χ2v) is 4.62. The summed E-state index contributed by atoms with van der Waals surface area (Å²) in [5.41, 5.74) is 13.5. The molecule has 0 unspecified atom stereocenters. The summed E-state index contributed by atoms with van der Waals surface area (Å²) >= 11 is 0. The van der Waals surface area contributed by atoms with E-state index in [9.17, 15) is 0 Å². The van der Waals surface area contributed by atoms with Crippen LogP contribution in [0.1, 0.15) is 5.56 Å². The molecule has 0 bridgehead atoms. The molecule has 0 saturated heterocycles. The molecule has 0 aliphatic heterocycles. The smallest absolute Gasteiger partial charge is 0.211 e. The molecular formula is C16H19N5O. The maximum atomic E-state index is 5.20. The Morgan fingerprint density at radius 1 is 1.00 bits per heavy atom. The normalized spacial score (nSPS) is 10.5. The molecule has 6 heteroatoms. The van der Waals surface area contributed by atoms with Crippen molar-refractivity contribution >= 4 is 23.5 Å². The number of anilines is 2. The third kappa shape index (κ3) is 3.99. The molecule has 0 aromatic heterocycles. The van der Waals surface area contributed by atoms with E-state index >= 15 is 0 Å². The van der Waals surface area contributed by atoms with Gasteiger partial charge in [-0.1, -0.05) is 12.1 Å². The number of benzene rings is 2. The average molecular weight is 297 g/mol. The first-order chi connectivity index (χ1) is 10.6. The van der Waals surface area contributed by atoms with E-state index in [-0.39, 0.29) is 5.96 Å². The highest BCUT2D eigenvalue weighted by Crippen LogP contribution is 2.25. The van der Waals surface area contributed by atoms with Gasteiger partial charge >= 0.3 is 0 Å². The van der Waals surface area contributed by atoms with E-state index in [1.807, 2.05) is 55.6 Å². The van der Waals surface area contributed by atoms with Crippen molar-refractivity contribution in [1.82, 2.24) is 0 Å². The van der Waals surface area contributed by atoms with Crippen LogP contribution in [0.2, 0.25) is 0 Å². The van der Waals surface area contributed by atoms with Crippen molar-refractivity contribution in [2.24, 2.45) is 21.7 Å². The maximum absolute atomic E-state index is 5.20. The number of rotatable bonds is 5. The van der Waals surface area contributed by atoms with Gasteiger partial charge in [0.25, 0.3) is 0 Å². The lowest BCUT2D eigenvalue weighted by atomic mass is 10.2. The van der Waals surface area contributed by atoms with E-state index in [0.717, 1.165) is 22.7 Å². The zero-order chi connectivity index (χ0) is 15.9. The minimum atomic E-state index is -0.0629. The maximum Gasteiger partial charge on any atom is 0.211 e. The van der Waals surface area contributed by atoms with Gasteiger partial charge in [-0.25, -0.2) is 0 Å². The average Bonchev–Trinajstić information content (AvgIpc) is 2.54. The highest BCUT2D eigenvalue weighted by Gasteiger charge is 2.03. The largest absolute Gasteiger partial charge is 0.497 e. The van der Waals surface area contributed by atoms with Crippen molar-refractivity contribution < 1.29 is 4.74 Å². The summed E-state index contributed by atoms with van der Waals surface area (Å²) in [6, 6.07) is 15.8. The number of methoxy groups -OCH3 is 1. The van der Waals surface area contributed by atoms with Gasteiger partial charge in [-0.05, 0) is 42.0 Å². The van der Waals surface area contributed by atoms with Crippen LogP contribution in [0, 0.1) is 0 Å². The van der Waals surface area contributed by atoms with Crippen LogP contribution in [-0.4, -0.2) is 26.3 Å². The molecule has 0 fully saturated rings. The lowest BCUT2D eigenvalue weighted by molar-refractivity contribution is 0.415. The van der Waals surface area contributed by atoms with E-state index in [1.54, 1.807) is 13.3 Å². The minimum Gasteiger partial charge on any atom is -0.497 e. The van der Waals surface area contributed by atoms with Gasteiger partial charge in [0.2, 0.25) is 5.96 Å². The summed E-state index contributed by atoms with van der Waals surface area (Å²) in [7, 11) is 3.66. The monoisotopic (exact) mass is 297 g/mol. The fourth-order valence-corrected chi connectivity index (χ4v) is 1.90. The van der Waals surface area contributed by atoms with Gasteiger partial charge in [-0.15, -0.1) is 5.10 Å². The molecule has 2 rings (SSSR count). The van der Waals surface area contributed by atoms with Crippen LogP contribution in [-0.2, 0) is 0 Å². The van der Waals surface area contributed by atoms with Gasteiger partial charge in [0.1, 0.15) is 5.75 Å². The lowest BCUT2D eigenvalue weighted by Gasteiger charge is -2.19. The molecular weight excluding hydrogens is 278 g/mol.